The average molecular weight is 392 g/mol. The lowest BCUT2D eigenvalue weighted by molar-refractivity contribution is -0.219. The van der Waals surface area contributed by atoms with Gasteiger partial charge in [0.15, 0.2) is 17.2 Å². The molecule has 3 fully saturated rings. The highest BCUT2D eigenvalue weighted by molar-refractivity contribution is 6.01. The molecule has 154 valence electrons. The van der Waals surface area contributed by atoms with Crippen molar-refractivity contribution in [2.45, 2.75) is 63.8 Å². The number of allylic oxidation sites excluding steroid dienone is 4. The second kappa shape index (κ2) is 5.83. The smallest absolute Gasteiger partial charge is 0.190 e. The zero-order valence-corrected chi connectivity index (χ0v) is 16.6. The Morgan fingerprint density at radius 1 is 1.32 bits per heavy atom. The number of fused-ring (bicyclic) bond motifs is 5. The van der Waals surface area contributed by atoms with Crippen molar-refractivity contribution in [3.63, 3.8) is 0 Å². The van der Waals surface area contributed by atoms with Crippen LogP contribution in [0.4, 0.5) is 4.39 Å². The molecule has 0 heterocycles. The predicted octanol–water partition coefficient (Wildman–Crippen LogP) is 1.90. The van der Waals surface area contributed by atoms with Gasteiger partial charge in [-0.25, -0.2) is 4.39 Å². The van der Waals surface area contributed by atoms with Gasteiger partial charge in [-0.1, -0.05) is 25.5 Å². The fraction of sp³-hybridized carbons (Fsp3) is 0.727. The quantitative estimate of drug-likeness (QED) is 0.667. The Labute approximate surface area is 164 Å². The first-order valence-corrected chi connectivity index (χ1v) is 10.1. The van der Waals surface area contributed by atoms with E-state index in [0.29, 0.717) is 24.8 Å². The molecule has 3 saturated carbocycles. The van der Waals surface area contributed by atoms with Crippen molar-refractivity contribution in [3.05, 3.63) is 23.8 Å². The molecule has 4 aliphatic rings. The van der Waals surface area contributed by atoms with E-state index in [-0.39, 0.29) is 18.1 Å². The van der Waals surface area contributed by atoms with E-state index in [1.165, 1.54) is 12.2 Å². The van der Waals surface area contributed by atoms with E-state index >= 15 is 4.39 Å². The van der Waals surface area contributed by atoms with Crippen LogP contribution >= 0.6 is 0 Å². The van der Waals surface area contributed by atoms with E-state index in [1.54, 1.807) is 26.8 Å². The van der Waals surface area contributed by atoms with Crippen LogP contribution in [-0.4, -0.2) is 50.9 Å². The highest BCUT2D eigenvalue weighted by Crippen LogP contribution is 2.70. The molecule has 3 N–H and O–H groups in total. The first-order valence-electron chi connectivity index (χ1n) is 10.1. The molecular formula is C22H29FO5. The minimum Gasteiger partial charge on any atom is -0.390 e. The third-order valence-electron chi connectivity index (χ3n) is 8.79. The number of carbonyl (C=O) groups is 2. The van der Waals surface area contributed by atoms with Gasteiger partial charge in [-0.15, -0.1) is 0 Å². The van der Waals surface area contributed by atoms with Gasteiger partial charge in [0.1, 0.15) is 12.2 Å². The number of aliphatic hydroxyl groups is 3. The van der Waals surface area contributed by atoms with Crippen LogP contribution in [0.25, 0.3) is 0 Å². The molecule has 0 aromatic carbocycles. The normalized spacial score (nSPS) is 52.5. The van der Waals surface area contributed by atoms with Crippen LogP contribution in [0.3, 0.4) is 0 Å². The molecule has 0 aliphatic heterocycles. The highest BCUT2D eigenvalue weighted by Gasteiger charge is 2.75. The number of halogens is 1. The van der Waals surface area contributed by atoms with Crippen molar-refractivity contribution in [3.8, 4) is 0 Å². The fourth-order valence-electron chi connectivity index (χ4n) is 7.26. The summed E-state index contributed by atoms with van der Waals surface area (Å²) in [5.74, 6) is -2.12. The molecule has 4 aliphatic carbocycles. The number of ketones is 2. The van der Waals surface area contributed by atoms with Crippen LogP contribution in [0, 0.1) is 28.6 Å². The molecule has 0 spiro atoms. The number of carbonyl (C=O) groups excluding carboxylic acids is 2. The Kier molecular flexibility index (Phi) is 4.15. The molecule has 8 atom stereocenters. The van der Waals surface area contributed by atoms with Gasteiger partial charge in [-0.3, -0.25) is 9.59 Å². The molecule has 5 nitrogen and oxygen atoms in total. The van der Waals surface area contributed by atoms with E-state index in [4.69, 9.17) is 0 Å². The lowest BCUT2D eigenvalue weighted by atomic mass is 9.44. The van der Waals surface area contributed by atoms with Crippen molar-refractivity contribution in [1.29, 1.82) is 0 Å². The Morgan fingerprint density at radius 3 is 2.64 bits per heavy atom. The summed E-state index contributed by atoms with van der Waals surface area (Å²) >= 11 is 0. The minimum atomic E-state index is -1.98. The molecule has 0 amide bonds. The molecule has 4 rings (SSSR count). The lowest BCUT2D eigenvalue weighted by Gasteiger charge is -2.62. The number of hydrogen-bond donors (Lipinski definition) is 3. The first kappa shape index (κ1) is 19.9. The topological polar surface area (TPSA) is 94.8 Å². The van der Waals surface area contributed by atoms with Crippen molar-refractivity contribution in [2.75, 3.05) is 6.61 Å². The second-order valence-corrected chi connectivity index (χ2v) is 9.75. The summed E-state index contributed by atoms with van der Waals surface area (Å²) in [6, 6.07) is 0. The molecule has 0 unspecified atom stereocenters. The van der Waals surface area contributed by atoms with Crippen LogP contribution in [0.5, 0.6) is 0 Å². The van der Waals surface area contributed by atoms with Gasteiger partial charge in [0.2, 0.25) is 0 Å². The third kappa shape index (κ3) is 2.01. The van der Waals surface area contributed by atoms with Gasteiger partial charge in [0.05, 0.1) is 6.10 Å². The summed E-state index contributed by atoms with van der Waals surface area (Å²) in [5, 5.41) is 32.0. The number of alkyl halides is 1. The largest absolute Gasteiger partial charge is 0.390 e. The molecule has 28 heavy (non-hydrogen) atoms. The summed E-state index contributed by atoms with van der Waals surface area (Å²) in [7, 11) is 0. The molecule has 0 aromatic heterocycles. The maximum absolute atomic E-state index is 16.9. The second-order valence-electron chi connectivity index (χ2n) is 9.75. The molecule has 0 aromatic rings. The lowest BCUT2D eigenvalue weighted by Crippen LogP contribution is -2.69. The SMILES string of the molecule is C[C@@H]1C[C@@H]2[C@@H]3CCC4=CC(=O)C=C[C@]4(C)[C@@]3(F)[C@@H](O)C[C@]2(C)[C@@]1(O)C(=O)CO. The van der Waals surface area contributed by atoms with Crippen LogP contribution in [-0.2, 0) is 9.59 Å². The average Bonchev–Trinajstić information content (AvgIpc) is 2.84. The molecule has 0 bridgehead atoms. The van der Waals surface area contributed by atoms with Crippen molar-refractivity contribution < 1.29 is 29.3 Å². The highest BCUT2D eigenvalue weighted by atomic mass is 19.1. The summed E-state index contributed by atoms with van der Waals surface area (Å²) in [6.45, 7) is 4.48. The molecule has 6 heteroatoms. The Bertz CT molecular complexity index is 805. The van der Waals surface area contributed by atoms with Gasteiger partial charge >= 0.3 is 0 Å². The standard InChI is InChI=1S/C22H29FO5/c1-12-8-16-15-5-4-13-9-14(25)6-7-19(13,2)21(15,23)17(26)10-20(16,3)22(12,28)18(27)11-24/h6-7,9,12,15-17,24,26,28H,4-5,8,10-11H2,1-3H3/t12-,15+,16-,17+,19+,20+,21+,22+/m1/s1. The fourth-order valence-corrected chi connectivity index (χ4v) is 7.26. The molecule has 0 radical (unpaired) electrons. The Balaban J connectivity index is 1.84. The van der Waals surface area contributed by atoms with Crippen LogP contribution < -0.4 is 0 Å². The number of aliphatic hydroxyl groups excluding tert-OH is 2. The van der Waals surface area contributed by atoms with Gasteiger partial charge < -0.3 is 15.3 Å². The van der Waals surface area contributed by atoms with E-state index in [1.807, 2.05) is 0 Å². The van der Waals surface area contributed by atoms with Gasteiger partial charge in [0.25, 0.3) is 0 Å². The van der Waals surface area contributed by atoms with Crippen molar-refractivity contribution in [2.24, 2.45) is 28.6 Å². The zero-order valence-electron chi connectivity index (χ0n) is 16.6. The molecular weight excluding hydrogens is 363 g/mol. The van der Waals surface area contributed by atoms with Crippen LogP contribution in [0.2, 0.25) is 0 Å². The van der Waals surface area contributed by atoms with E-state index < -0.39 is 52.4 Å². The third-order valence-corrected chi connectivity index (χ3v) is 8.79. The summed E-state index contributed by atoms with van der Waals surface area (Å²) in [5.41, 5.74) is -5.17. The van der Waals surface area contributed by atoms with E-state index in [0.717, 1.165) is 0 Å². The van der Waals surface area contributed by atoms with Crippen molar-refractivity contribution in [1.82, 2.24) is 0 Å². The maximum Gasteiger partial charge on any atom is 0.190 e. The summed E-state index contributed by atoms with van der Waals surface area (Å²) < 4.78 is 16.9. The van der Waals surface area contributed by atoms with Gasteiger partial charge in [0, 0.05) is 16.7 Å². The van der Waals surface area contributed by atoms with E-state index in [9.17, 15) is 24.9 Å². The van der Waals surface area contributed by atoms with Gasteiger partial charge in [-0.2, -0.15) is 0 Å². The van der Waals surface area contributed by atoms with Crippen LogP contribution in [0.1, 0.15) is 46.5 Å². The summed E-state index contributed by atoms with van der Waals surface area (Å²) in [6.07, 6.45) is 4.44. The monoisotopic (exact) mass is 392 g/mol. The Morgan fingerprint density at radius 2 is 2.00 bits per heavy atom. The van der Waals surface area contributed by atoms with Gasteiger partial charge in [-0.05, 0) is 56.6 Å². The Hall–Kier alpha value is -1.37. The van der Waals surface area contributed by atoms with Crippen molar-refractivity contribution >= 4 is 11.6 Å². The summed E-state index contributed by atoms with van der Waals surface area (Å²) in [4.78, 5) is 24.4. The minimum absolute atomic E-state index is 0.0676. The number of hydrogen-bond acceptors (Lipinski definition) is 5. The predicted molar refractivity (Wildman–Crippen MR) is 99.9 cm³/mol. The number of Topliss-reactive ketones (excluding diaryl/α,β-unsaturated/α-hetero) is 1. The number of rotatable bonds is 2. The zero-order chi connectivity index (χ0) is 20.7. The maximum atomic E-state index is 16.9. The first-order chi connectivity index (χ1) is 13.0. The molecule has 0 saturated heterocycles. The van der Waals surface area contributed by atoms with Crippen LogP contribution in [0.15, 0.2) is 23.8 Å². The van der Waals surface area contributed by atoms with E-state index in [2.05, 4.69) is 0 Å².